The predicted octanol–water partition coefficient (Wildman–Crippen LogP) is 7.27. The normalized spacial score (nSPS) is 19.1. The summed E-state index contributed by atoms with van der Waals surface area (Å²) in [4.78, 5) is 4.79. The highest BCUT2D eigenvalue weighted by Crippen LogP contribution is 2.44. The van der Waals surface area contributed by atoms with Crippen LogP contribution in [0, 0.1) is 6.42 Å². The minimum atomic E-state index is 0.410. The van der Waals surface area contributed by atoms with E-state index in [0.29, 0.717) is 17.1 Å². The molecule has 0 spiro atoms. The van der Waals surface area contributed by atoms with Crippen LogP contribution in [0.15, 0.2) is 72.9 Å². The molecule has 0 N–H and O–H groups in total. The Labute approximate surface area is 177 Å². The van der Waals surface area contributed by atoms with Crippen molar-refractivity contribution in [2.45, 2.75) is 36.9 Å². The van der Waals surface area contributed by atoms with Crippen LogP contribution >= 0.6 is 23.4 Å². The zero-order valence-electron chi connectivity index (χ0n) is 16.0. The molecule has 1 fully saturated rings. The van der Waals surface area contributed by atoms with Crippen molar-refractivity contribution in [2.75, 3.05) is 5.75 Å². The Morgan fingerprint density at radius 1 is 1.00 bits per heavy atom. The lowest BCUT2D eigenvalue weighted by Gasteiger charge is -2.34. The van der Waals surface area contributed by atoms with Gasteiger partial charge in [0.15, 0.2) is 0 Å². The van der Waals surface area contributed by atoms with E-state index in [1.54, 1.807) is 0 Å². The largest absolute Gasteiger partial charge is 0.256 e. The highest BCUT2D eigenvalue weighted by molar-refractivity contribution is 8.00. The molecule has 0 amide bonds. The number of hydrogen-bond donors (Lipinski definition) is 0. The lowest BCUT2D eigenvalue weighted by molar-refractivity contribution is 0.536. The number of nitrogens with zero attached hydrogens (tertiary/aromatic N) is 1. The quantitative estimate of drug-likeness (QED) is 0.442. The molecule has 1 nitrogen and oxygen atoms in total. The van der Waals surface area contributed by atoms with Crippen LogP contribution in [-0.4, -0.2) is 16.0 Å². The molecule has 2 aromatic carbocycles. The first-order valence-electron chi connectivity index (χ1n) is 9.82. The molecule has 0 bridgehead atoms. The Morgan fingerprint density at radius 3 is 2.46 bits per heavy atom. The van der Waals surface area contributed by atoms with E-state index in [0.717, 1.165) is 34.9 Å². The summed E-state index contributed by atoms with van der Waals surface area (Å²) in [5.74, 6) is 1.99. The number of rotatable bonds is 5. The van der Waals surface area contributed by atoms with Gasteiger partial charge in [-0.15, -0.1) is 0 Å². The Kier molecular flexibility index (Phi) is 6.39. The summed E-state index contributed by atoms with van der Waals surface area (Å²) < 4.78 is 0. The zero-order chi connectivity index (χ0) is 19.3. The minimum absolute atomic E-state index is 0.410. The van der Waals surface area contributed by atoms with Crippen molar-refractivity contribution in [3.8, 4) is 11.3 Å². The molecule has 142 valence electrons. The molecule has 3 aromatic rings. The fraction of sp³-hybridized carbons (Fsp3) is 0.280. The molecule has 2 unspecified atom stereocenters. The fourth-order valence-corrected chi connectivity index (χ4v) is 5.67. The molecule has 28 heavy (non-hydrogen) atoms. The summed E-state index contributed by atoms with van der Waals surface area (Å²) in [6.45, 7) is 2.34. The maximum absolute atomic E-state index is 6.36. The van der Waals surface area contributed by atoms with Crippen molar-refractivity contribution in [1.82, 2.24) is 4.98 Å². The van der Waals surface area contributed by atoms with E-state index in [4.69, 9.17) is 16.6 Å². The third-order valence-corrected chi connectivity index (χ3v) is 7.20. The zero-order valence-corrected chi connectivity index (χ0v) is 17.6. The van der Waals surface area contributed by atoms with Crippen LogP contribution in [0.2, 0.25) is 5.02 Å². The van der Waals surface area contributed by atoms with Crippen LogP contribution in [0.4, 0.5) is 0 Å². The Morgan fingerprint density at radius 2 is 1.79 bits per heavy atom. The van der Waals surface area contributed by atoms with Crippen molar-refractivity contribution in [3.63, 3.8) is 0 Å². The second-order valence-corrected chi connectivity index (χ2v) is 9.05. The van der Waals surface area contributed by atoms with Crippen LogP contribution in [0.25, 0.3) is 11.3 Å². The monoisotopic (exact) mass is 405 g/mol. The standard InChI is InChI=1S/C25H24ClNS/c1-18(19-9-3-2-4-10-19)25(24-13-7-8-16-28-24)20-14-15-23(27-17-20)21-11-5-6-12-22(21)26/h2-6,9-12,14-15,17-18,24-25H,8,13,16H2,1H3/t18-,24?,25?/m1/s1. The van der Waals surface area contributed by atoms with Gasteiger partial charge < -0.3 is 0 Å². The highest BCUT2D eigenvalue weighted by atomic mass is 35.5. The third kappa shape index (κ3) is 4.29. The van der Waals surface area contributed by atoms with Crippen molar-refractivity contribution < 1.29 is 0 Å². The molecule has 4 rings (SSSR count). The van der Waals surface area contributed by atoms with Gasteiger partial charge in [0.1, 0.15) is 0 Å². The van der Waals surface area contributed by atoms with Crippen LogP contribution in [0.1, 0.15) is 42.7 Å². The number of aromatic nitrogens is 1. The smallest absolute Gasteiger partial charge is 0.0717 e. The van der Waals surface area contributed by atoms with Crippen molar-refractivity contribution in [3.05, 3.63) is 95.5 Å². The number of halogens is 1. The molecular formula is C25H24ClNS. The van der Waals surface area contributed by atoms with Crippen LogP contribution in [0.5, 0.6) is 0 Å². The number of pyridine rings is 1. The molecule has 3 atom stereocenters. The van der Waals surface area contributed by atoms with Crippen LogP contribution < -0.4 is 0 Å². The first-order chi connectivity index (χ1) is 13.7. The molecule has 1 aliphatic rings. The second kappa shape index (κ2) is 9.15. The second-order valence-electron chi connectivity index (χ2n) is 7.30. The van der Waals surface area contributed by atoms with Gasteiger partial charge in [-0.1, -0.05) is 73.1 Å². The average molecular weight is 406 g/mol. The van der Waals surface area contributed by atoms with Gasteiger partial charge in [0.05, 0.1) is 5.69 Å². The fourth-order valence-electron chi connectivity index (χ4n) is 4.04. The lowest BCUT2D eigenvalue weighted by atomic mass is 9.79. The van der Waals surface area contributed by atoms with E-state index < -0.39 is 0 Å². The Hall–Kier alpha value is -1.77. The van der Waals surface area contributed by atoms with Gasteiger partial charge in [-0.2, -0.15) is 11.8 Å². The van der Waals surface area contributed by atoms with Gasteiger partial charge in [0, 0.05) is 28.0 Å². The Balaban J connectivity index is 1.67. The van der Waals surface area contributed by atoms with Crippen LogP contribution in [-0.2, 0) is 0 Å². The maximum atomic E-state index is 6.36. The predicted molar refractivity (Wildman–Crippen MR) is 121 cm³/mol. The molecule has 2 radical (unpaired) electrons. The van der Waals surface area contributed by atoms with Gasteiger partial charge >= 0.3 is 0 Å². The highest BCUT2D eigenvalue weighted by Gasteiger charge is 2.31. The lowest BCUT2D eigenvalue weighted by Crippen LogP contribution is -2.24. The number of benzene rings is 2. The van der Waals surface area contributed by atoms with Gasteiger partial charge in [-0.05, 0) is 54.2 Å². The summed E-state index contributed by atoms with van der Waals surface area (Å²) in [6, 6.07) is 23.1. The molecular weight excluding hydrogens is 382 g/mol. The van der Waals surface area contributed by atoms with E-state index in [1.807, 2.05) is 24.3 Å². The third-order valence-electron chi connectivity index (χ3n) is 5.54. The molecule has 1 aromatic heterocycles. The molecule has 1 saturated heterocycles. The van der Waals surface area contributed by atoms with E-state index in [-0.39, 0.29) is 0 Å². The summed E-state index contributed by atoms with van der Waals surface area (Å²) in [5, 5.41) is 1.28. The van der Waals surface area contributed by atoms with Crippen LogP contribution in [0.3, 0.4) is 0 Å². The van der Waals surface area contributed by atoms with E-state index in [2.05, 4.69) is 73.8 Å². The minimum Gasteiger partial charge on any atom is -0.256 e. The summed E-state index contributed by atoms with van der Waals surface area (Å²) >= 11 is 8.44. The van der Waals surface area contributed by atoms with E-state index in [1.165, 1.54) is 11.1 Å². The first-order valence-corrected chi connectivity index (χ1v) is 11.2. The molecule has 2 heterocycles. The van der Waals surface area contributed by atoms with E-state index in [9.17, 15) is 0 Å². The van der Waals surface area contributed by atoms with Crippen molar-refractivity contribution >= 4 is 23.4 Å². The van der Waals surface area contributed by atoms with E-state index >= 15 is 0 Å². The molecule has 1 aliphatic heterocycles. The van der Waals surface area contributed by atoms with Gasteiger partial charge in [0.2, 0.25) is 0 Å². The molecule has 0 saturated carbocycles. The summed E-state index contributed by atoms with van der Waals surface area (Å²) in [7, 11) is 0. The number of thioether (sulfide) groups is 1. The van der Waals surface area contributed by atoms with Crippen molar-refractivity contribution in [2.24, 2.45) is 0 Å². The Bertz CT molecular complexity index is 888. The van der Waals surface area contributed by atoms with Crippen molar-refractivity contribution in [1.29, 1.82) is 0 Å². The summed E-state index contributed by atoms with van der Waals surface area (Å²) in [6.07, 6.45) is 7.77. The topological polar surface area (TPSA) is 12.9 Å². The number of hydrogen-bond acceptors (Lipinski definition) is 2. The van der Waals surface area contributed by atoms with Gasteiger partial charge in [-0.25, -0.2) is 0 Å². The average Bonchev–Trinajstić information content (AvgIpc) is 2.76. The maximum Gasteiger partial charge on any atom is 0.0717 e. The molecule has 0 aliphatic carbocycles. The first kappa shape index (κ1) is 19.5. The molecule has 3 heteroatoms. The van der Waals surface area contributed by atoms with Gasteiger partial charge in [0.25, 0.3) is 0 Å². The van der Waals surface area contributed by atoms with Gasteiger partial charge in [-0.3, -0.25) is 4.98 Å². The SMILES string of the molecule is C[C@H](c1ccccc1)C(c1ccc(-c2ccccc2Cl)nc1)C1C[C]CCS1. The summed E-state index contributed by atoms with van der Waals surface area (Å²) in [5.41, 5.74) is 4.59.